The van der Waals surface area contributed by atoms with E-state index < -0.39 is 0 Å². The van der Waals surface area contributed by atoms with Crippen LogP contribution in [0.25, 0.3) is 22.8 Å². The van der Waals surface area contributed by atoms with E-state index >= 15 is 0 Å². The minimum Gasteiger partial charge on any atom is -0.399 e. The minimum absolute atomic E-state index is 0.529. The minimum atomic E-state index is 0.529. The van der Waals surface area contributed by atoms with Gasteiger partial charge in [0.15, 0.2) is 0 Å². The van der Waals surface area contributed by atoms with Crippen molar-refractivity contribution < 1.29 is 4.52 Å². The van der Waals surface area contributed by atoms with E-state index in [4.69, 9.17) is 10.3 Å². The molecule has 0 atom stereocenters. The molecule has 0 aliphatic heterocycles. The first kappa shape index (κ1) is 12.7. The molecule has 0 bridgehead atoms. The molecule has 0 saturated heterocycles. The van der Waals surface area contributed by atoms with Crippen molar-refractivity contribution >= 4 is 17.4 Å². The lowest BCUT2D eigenvalue weighted by Crippen LogP contribution is -1.85. The van der Waals surface area contributed by atoms with Crippen molar-refractivity contribution in [3.8, 4) is 22.8 Å². The fourth-order valence-electron chi connectivity index (χ4n) is 1.90. The van der Waals surface area contributed by atoms with Crippen LogP contribution in [-0.2, 0) is 0 Å². The van der Waals surface area contributed by atoms with Crippen LogP contribution >= 0.6 is 11.8 Å². The van der Waals surface area contributed by atoms with Crippen molar-refractivity contribution in [3.05, 3.63) is 48.5 Å². The van der Waals surface area contributed by atoms with E-state index in [1.54, 1.807) is 11.8 Å². The number of thioether (sulfide) groups is 1. The predicted molar refractivity (Wildman–Crippen MR) is 81.4 cm³/mol. The number of nitrogens with two attached hydrogens (primary N) is 1. The van der Waals surface area contributed by atoms with Gasteiger partial charge in [-0.2, -0.15) is 4.98 Å². The molecule has 100 valence electrons. The highest BCUT2D eigenvalue weighted by Crippen LogP contribution is 2.30. The summed E-state index contributed by atoms with van der Waals surface area (Å²) in [6.45, 7) is 0. The molecule has 1 heterocycles. The number of benzene rings is 2. The molecule has 0 saturated carbocycles. The van der Waals surface area contributed by atoms with Gasteiger partial charge in [0.25, 0.3) is 5.89 Å². The summed E-state index contributed by atoms with van der Waals surface area (Å²) in [5, 5.41) is 4.03. The van der Waals surface area contributed by atoms with Gasteiger partial charge in [0.05, 0.1) is 5.56 Å². The maximum atomic E-state index is 5.67. The van der Waals surface area contributed by atoms with Crippen LogP contribution in [0.5, 0.6) is 0 Å². The van der Waals surface area contributed by atoms with E-state index in [2.05, 4.69) is 10.1 Å². The van der Waals surface area contributed by atoms with Crippen molar-refractivity contribution in [3.63, 3.8) is 0 Å². The van der Waals surface area contributed by atoms with Gasteiger partial charge in [-0.3, -0.25) is 0 Å². The first-order valence-corrected chi connectivity index (χ1v) is 7.33. The number of hydrogen-bond acceptors (Lipinski definition) is 5. The molecule has 0 aliphatic carbocycles. The first-order valence-electron chi connectivity index (χ1n) is 6.11. The van der Waals surface area contributed by atoms with Gasteiger partial charge in [0, 0.05) is 16.1 Å². The van der Waals surface area contributed by atoms with Crippen LogP contribution in [0.15, 0.2) is 57.9 Å². The standard InChI is InChI=1S/C15H13N3OS/c1-20-13-5-3-2-4-12(13)15-17-14(18-19-15)10-6-8-11(16)9-7-10/h2-9H,16H2,1H3. The third-order valence-corrected chi connectivity index (χ3v) is 3.73. The Bertz CT molecular complexity index is 722. The Morgan fingerprint density at radius 1 is 1.05 bits per heavy atom. The van der Waals surface area contributed by atoms with E-state index in [1.807, 2.05) is 54.8 Å². The Morgan fingerprint density at radius 2 is 1.80 bits per heavy atom. The maximum absolute atomic E-state index is 5.67. The highest BCUT2D eigenvalue weighted by Gasteiger charge is 2.13. The fraction of sp³-hybridized carbons (Fsp3) is 0.0667. The van der Waals surface area contributed by atoms with E-state index in [-0.39, 0.29) is 0 Å². The number of anilines is 1. The monoisotopic (exact) mass is 283 g/mol. The van der Waals surface area contributed by atoms with Gasteiger partial charge in [-0.15, -0.1) is 11.8 Å². The SMILES string of the molecule is CSc1ccccc1-c1nc(-c2ccc(N)cc2)no1. The summed E-state index contributed by atoms with van der Waals surface area (Å²) < 4.78 is 5.37. The van der Waals surface area contributed by atoms with Crippen LogP contribution < -0.4 is 5.73 Å². The van der Waals surface area contributed by atoms with Crippen LogP contribution in [-0.4, -0.2) is 16.4 Å². The van der Waals surface area contributed by atoms with E-state index in [0.29, 0.717) is 17.4 Å². The van der Waals surface area contributed by atoms with Crippen molar-refractivity contribution in [2.24, 2.45) is 0 Å². The maximum Gasteiger partial charge on any atom is 0.259 e. The van der Waals surface area contributed by atoms with E-state index in [9.17, 15) is 0 Å². The Hall–Kier alpha value is -2.27. The molecule has 3 aromatic rings. The molecule has 2 aromatic carbocycles. The van der Waals surface area contributed by atoms with Gasteiger partial charge < -0.3 is 10.3 Å². The van der Waals surface area contributed by atoms with Crippen LogP contribution in [0.4, 0.5) is 5.69 Å². The second-order valence-electron chi connectivity index (χ2n) is 4.25. The highest BCUT2D eigenvalue weighted by molar-refractivity contribution is 7.98. The molecule has 0 fully saturated rings. The quantitative estimate of drug-likeness (QED) is 0.586. The largest absolute Gasteiger partial charge is 0.399 e. The number of aromatic nitrogens is 2. The number of hydrogen-bond donors (Lipinski definition) is 1. The van der Waals surface area contributed by atoms with Crippen LogP contribution in [0.2, 0.25) is 0 Å². The van der Waals surface area contributed by atoms with Gasteiger partial charge in [-0.1, -0.05) is 17.3 Å². The molecular weight excluding hydrogens is 270 g/mol. The molecular formula is C15H13N3OS. The predicted octanol–water partition coefficient (Wildman–Crippen LogP) is 3.71. The lowest BCUT2D eigenvalue weighted by Gasteiger charge is -2.00. The zero-order chi connectivity index (χ0) is 13.9. The summed E-state index contributed by atoms with van der Waals surface area (Å²) in [6.07, 6.45) is 2.02. The molecule has 0 amide bonds. The number of rotatable bonds is 3. The first-order chi connectivity index (χ1) is 9.78. The summed E-state index contributed by atoms with van der Waals surface area (Å²) in [7, 11) is 0. The van der Waals surface area contributed by atoms with Gasteiger partial charge in [0.2, 0.25) is 5.82 Å². The summed E-state index contributed by atoms with van der Waals surface area (Å²) in [4.78, 5) is 5.57. The van der Waals surface area contributed by atoms with Crippen molar-refractivity contribution in [1.82, 2.24) is 10.1 Å². The smallest absolute Gasteiger partial charge is 0.259 e. The van der Waals surface area contributed by atoms with E-state index in [1.165, 1.54) is 0 Å². The lowest BCUT2D eigenvalue weighted by molar-refractivity contribution is 0.431. The van der Waals surface area contributed by atoms with Crippen molar-refractivity contribution in [2.75, 3.05) is 12.0 Å². The number of nitrogens with zero attached hydrogens (tertiary/aromatic N) is 2. The summed E-state index contributed by atoms with van der Waals surface area (Å²) in [5.74, 6) is 1.10. The Balaban J connectivity index is 2.00. The average Bonchev–Trinajstić information content (AvgIpc) is 2.97. The molecule has 5 heteroatoms. The molecule has 20 heavy (non-hydrogen) atoms. The molecule has 3 rings (SSSR count). The molecule has 0 aliphatic rings. The molecule has 0 radical (unpaired) electrons. The third kappa shape index (κ3) is 2.40. The zero-order valence-corrected chi connectivity index (χ0v) is 11.7. The fourth-order valence-corrected chi connectivity index (χ4v) is 2.49. The summed E-state index contributed by atoms with van der Waals surface area (Å²) >= 11 is 1.65. The van der Waals surface area contributed by atoms with Gasteiger partial charge in [-0.05, 0) is 42.7 Å². The van der Waals surface area contributed by atoms with Crippen LogP contribution in [0.1, 0.15) is 0 Å². The molecule has 0 spiro atoms. The Morgan fingerprint density at radius 3 is 2.55 bits per heavy atom. The molecule has 1 aromatic heterocycles. The highest BCUT2D eigenvalue weighted by atomic mass is 32.2. The van der Waals surface area contributed by atoms with Crippen LogP contribution in [0, 0.1) is 0 Å². The van der Waals surface area contributed by atoms with Gasteiger partial charge >= 0.3 is 0 Å². The van der Waals surface area contributed by atoms with Crippen LogP contribution in [0.3, 0.4) is 0 Å². The Labute approximate surface area is 121 Å². The lowest BCUT2D eigenvalue weighted by atomic mass is 10.2. The Kier molecular flexibility index (Phi) is 3.43. The molecule has 0 unspecified atom stereocenters. The number of nitrogen functional groups attached to an aromatic ring is 1. The summed E-state index contributed by atoms with van der Waals surface area (Å²) in [5.41, 5.74) is 8.22. The normalized spacial score (nSPS) is 10.7. The van der Waals surface area contributed by atoms with Gasteiger partial charge in [0.1, 0.15) is 0 Å². The molecule has 2 N–H and O–H groups in total. The topological polar surface area (TPSA) is 64.9 Å². The zero-order valence-electron chi connectivity index (χ0n) is 10.9. The third-order valence-electron chi connectivity index (χ3n) is 2.93. The second-order valence-corrected chi connectivity index (χ2v) is 5.09. The van der Waals surface area contributed by atoms with Crippen molar-refractivity contribution in [2.45, 2.75) is 4.90 Å². The average molecular weight is 283 g/mol. The molecule has 4 nitrogen and oxygen atoms in total. The van der Waals surface area contributed by atoms with Gasteiger partial charge in [-0.25, -0.2) is 0 Å². The second kappa shape index (κ2) is 5.38. The van der Waals surface area contributed by atoms with E-state index in [0.717, 1.165) is 16.0 Å². The summed E-state index contributed by atoms with van der Waals surface area (Å²) in [6, 6.07) is 15.4. The van der Waals surface area contributed by atoms with Crippen molar-refractivity contribution in [1.29, 1.82) is 0 Å².